The second kappa shape index (κ2) is 7.87. The van der Waals surface area contributed by atoms with Crippen LogP contribution in [0.15, 0.2) is 54.6 Å². The number of hydrogen-bond donors (Lipinski definition) is 3. The van der Waals surface area contributed by atoms with Crippen LogP contribution in [0.4, 0.5) is 0 Å². The summed E-state index contributed by atoms with van der Waals surface area (Å²) in [5.74, 6) is -1.25. The molecule has 0 aliphatic carbocycles. The first kappa shape index (κ1) is 22.0. The van der Waals surface area contributed by atoms with E-state index in [9.17, 15) is 23.2 Å². The molecule has 5 nitrogen and oxygen atoms in total. The lowest BCUT2D eigenvalue weighted by Crippen LogP contribution is -2.38. The van der Waals surface area contributed by atoms with Gasteiger partial charge in [-0.15, -0.1) is 0 Å². The fraction of sp³-hybridized carbons (Fsp3) is 0.0526. The molecule has 0 aliphatic rings. The average molecular weight is 494 g/mol. The fourth-order valence-corrected chi connectivity index (χ4v) is 5.56. The predicted octanol–water partition coefficient (Wildman–Crippen LogP) is 5.89. The fourth-order valence-electron chi connectivity index (χ4n) is 3.22. The highest BCUT2D eigenvalue weighted by Gasteiger charge is 2.51. The number of phenolic OH excluding ortho intramolecular Hbond substituents is 2. The Bertz CT molecular complexity index is 1190. The van der Waals surface area contributed by atoms with Crippen LogP contribution in [0.1, 0.15) is 16.7 Å². The van der Waals surface area contributed by atoms with Gasteiger partial charge in [0.15, 0.2) is 4.75 Å². The molecule has 1 unspecified atom stereocenters. The van der Waals surface area contributed by atoms with Crippen LogP contribution in [-0.2, 0) is 14.9 Å². The Kier molecular flexibility index (Phi) is 5.98. The molecule has 0 aromatic heterocycles. The van der Waals surface area contributed by atoms with Gasteiger partial charge < -0.3 is 10.2 Å². The minimum absolute atomic E-state index is 0.0233. The highest BCUT2D eigenvalue weighted by Crippen LogP contribution is 2.52. The number of phenols is 2. The highest BCUT2D eigenvalue weighted by molar-refractivity contribution is 7.87. The number of rotatable bonds is 4. The third kappa shape index (κ3) is 3.65. The van der Waals surface area contributed by atoms with Gasteiger partial charge in [0.25, 0.3) is 10.1 Å². The second-order valence-electron chi connectivity index (χ2n) is 6.09. The standard InChI is InChI=1S/C19H12Cl4O5S/c20-11-7-10(8-12(21)9-11)19(29(26,27)28,13-3-1-2-4-15(13)22)14-5-6-16(24)17(23)18(14)25/h1-9,24-25H,(H,26,27,28). The highest BCUT2D eigenvalue weighted by atomic mass is 35.5. The van der Waals surface area contributed by atoms with E-state index in [4.69, 9.17) is 46.4 Å². The Balaban J connectivity index is 2.63. The topological polar surface area (TPSA) is 94.8 Å². The molecule has 0 aliphatic heterocycles. The smallest absolute Gasteiger partial charge is 0.283 e. The zero-order valence-electron chi connectivity index (χ0n) is 14.3. The summed E-state index contributed by atoms with van der Waals surface area (Å²) in [7, 11) is -5.10. The van der Waals surface area contributed by atoms with Gasteiger partial charge in [0, 0.05) is 26.2 Å². The van der Waals surface area contributed by atoms with E-state index >= 15 is 0 Å². The summed E-state index contributed by atoms with van der Waals surface area (Å²) >= 11 is 24.5. The van der Waals surface area contributed by atoms with Crippen molar-refractivity contribution in [3.8, 4) is 11.5 Å². The first-order valence-electron chi connectivity index (χ1n) is 7.89. The normalized spacial score (nSPS) is 13.8. The van der Waals surface area contributed by atoms with Crippen molar-refractivity contribution in [1.29, 1.82) is 0 Å². The summed E-state index contributed by atoms with van der Waals surface area (Å²) in [5, 5.41) is 20.1. The van der Waals surface area contributed by atoms with Crippen molar-refractivity contribution in [2.24, 2.45) is 0 Å². The minimum Gasteiger partial charge on any atom is -0.506 e. The molecule has 3 aromatic rings. The van der Waals surface area contributed by atoms with Gasteiger partial charge in [0.05, 0.1) is 0 Å². The van der Waals surface area contributed by atoms with Gasteiger partial charge in [-0.3, -0.25) is 4.55 Å². The zero-order chi connectivity index (χ0) is 21.6. The lowest BCUT2D eigenvalue weighted by molar-refractivity contribution is 0.431. The van der Waals surface area contributed by atoms with Crippen molar-refractivity contribution >= 4 is 56.5 Å². The summed E-state index contributed by atoms with van der Waals surface area (Å²) in [5.41, 5.74) is -0.531. The molecule has 10 heteroatoms. The number of aromatic hydroxyl groups is 2. The monoisotopic (exact) mass is 492 g/mol. The van der Waals surface area contributed by atoms with Crippen LogP contribution in [0.5, 0.6) is 11.5 Å². The SMILES string of the molecule is O=S(=O)(O)C(c1cc(Cl)cc(Cl)c1)(c1ccccc1Cl)c1ccc(O)c(Cl)c1O. The predicted molar refractivity (Wildman–Crippen MR) is 114 cm³/mol. The van der Waals surface area contributed by atoms with Crippen LogP contribution in [-0.4, -0.2) is 23.2 Å². The van der Waals surface area contributed by atoms with Crippen molar-refractivity contribution < 1.29 is 23.2 Å². The number of halogens is 4. The van der Waals surface area contributed by atoms with Crippen molar-refractivity contribution in [3.63, 3.8) is 0 Å². The molecule has 29 heavy (non-hydrogen) atoms. The van der Waals surface area contributed by atoms with Crippen molar-refractivity contribution in [2.45, 2.75) is 4.75 Å². The second-order valence-corrected chi connectivity index (χ2v) is 9.31. The molecule has 0 radical (unpaired) electrons. The number of hydrogen-bond acceptors (Lipinski definition) is 4. The van der Waals surface area contributed by atoms with E-state index in [0.29, 0.717) is 0 Å². The van der Waals surface area contributed by atoms with E-state index in [-0.39, 0.29) is 31.8 Å². The van der Waals surface area contributed by atoms with Crippen molar-refractivity contribution in [1.82, 2.24) is 0 Å². The van der Waals surface area contributed by atoms with Crippen LogP contribution in [0.25, 0.3) is 0 Å². The Morgan fingerprint density at radius 2 is 1.38 bits per heavy atom. The quantitative estimate of drug-likeness (QED) is 0.311. The lowest BCUT2D eigenvalue weighted by atomic mass is 9.83. The third-order valence-corrected chi connectivity index (χ3v) is 6.97. The van der Waals surface area contributed by atoms with Crippen LogP contribution in [0, 0.1) is 0 Å². The molecule has 3 rings (SSSR count). The molecule has 0 fully saturated rings. The Morgan fingerprint density at radius 3 is 1.93 bits per heavy atom. The van der Waals surface area contributed by atoms with E-state index in [1.165, 1.54) is 36.4 Å². The van der Waals surface area contributed by atoms with Crippen LogP contribution in [0.3, 0.4) is 0 Å². The summed E-state index contributed by atoms with van der Waals surface area (Å²) in [6, 6.07) is 12.0. The Hall–Kier alpha value is -1.67. The van der Waals surface area contributed by atoms with Crippen LogP contribution in [0.2, 0.25) is 20.1 Å². The minimum atomic E-state index is -5.10. The van der Waals surface area contributed by atoms with E-state index in [1.807, 2.05) is 0 Å². The largest absolute Gasteiger partial charge is 0.506 e. The molecule has 3 N–H and O–H groups in total. The van der Waals surface area contributed by atoms with E-state index in [1.54, 1.807) is 6.07 Å². The van der Waals surface area contributed by atoms with Gasteiger partial charge in [-0.2, -0.15) is 8.42 Å². The van der Waals surface area contributed by atoms with E-state index in [0.717, 1.165) is 12.1 Å². The van der Waals surface area contributed by atoms with Gasteiger partial charge in [-0.05, 0) is 42.0 Å². The maximum atomic E-state index is 13.0. The molecule has 0 spiro atoms. The molecule has 0 heterocycles. The molecule has 1 atom stereocenters. The third-order valence-electron chi connectivity index (χ3n) is 4.38. The van der Waals surface area contributed by atoms with Gasteiger partial charge in [-0.1, -0.05) is 64.6 Å². The van der Waals surface area contributed by atoms with Gasteiger partial charge in [0.2, 0.25) is 0 Å². The van der Waals surface area contributed by atoms with Crippen molar-refractivity contribution in [3.05, 3.63) is 91.4 Å². The van der Waals surface area contributed by atoms with Gasteiger partial charge in [-0.25, -0.2) is 0 Å². The summed E-state index contributed by atoms with van der Waals surface area (Å²) in [6.45, 7) is 0. The molecule has 0 bridgehead atoms. The summed E-state index contributed by atoms with van der Waals surface area (Å²) in [6.07, 6.45) is 0. The first-order chi connectivity index (χ1) is 13.5. The summed E-state index contributed by atoms with van der Waals surface area (Å²) in [4.78, 5) is 0. The number of benzene rings is 3. The first-order valence-corrected chi connectivity index (χ1v) is 10.8. The van der Waals surface area contributed by atoms with E-state index in [2.05, 4.69) is 0 Å². The van der Waals surface area contributed by atoms with Crippen molar-refractivity contribution in [2.75, 3.05) is 0 Å². The Labute approximate surface area is 186 Å². The maximum absolute atomic E-state index is 13.0. The molecule has 0 amide bonds. The van der Waals surface area contributed by atoms with Gasteiger partial charge >= 0.3 is 0 Å². The molecular weight excluding hydrogens is 482 g/mol. The average Bonchev–Trinajstić information content (AvgIpc) is 2.61. The zero-order valence-corrected chi connectivity index (χ0v) is 18.1. The van der Waals surface area contributed by atoms with E-state index < -0.39 is 31.4 Å². The molecule has 0 saturated heterocycles. The van der Waals surface area contributed by atoms with Crippen LogP contribution < -0.4 is 0 Å². The van der Waals surface area contributed by atoms with Gasteiger partial charge in [0.1, 0.15) is 16.5 Å². The van der Waals surface area contributed by atoms with Crippen LogP contribution >= 0.6 is 46.4 Å². The molecule has 3 aromatic carbocycles. The Morgan fingerprint density at radius 1 is 0.793 bits per heavy atom. The molecular formula is C19H12Cl4O5S. The molecule has 152 valence electrons. The maximum Gasteiger partial charge on any atom is 0.283 e. The lowest BCUT2D eigenvalue weighted by Gasteiger charge is -2.34. The molecule has 0 saturated carbocycles. The summed E-state index contributed by atoms with van der Waals surface area (Å²) < 4.78 is 34.0.